The molecule has 21 heavy (non-hydrogen) atoms. The molecule has 2 rings (SSSR count). The van der Waals surface area contributed by atoms with Crippen LogP contribution in [-0.4, -0.2) is 30.5 Å². The number of halogens is 5. The van der Waals surface area contributed by atoms with Gasteiger partial charge in [-0.3, -0.25) is 4.90 Å². The van der Waals surface area contributed by atoms with Gasteiger partial charge in [0.15, 0.2) is 0 Å². The Morgan fingerprint density at radius 3 is 2.05 bits per heavy atom. The number of esters is 1. The number of hydrogen-bond donors (Lipinski definition) is 0. The Bertz CT molecular complexity index is 549. The molecule has 1 fully saturated rings. The molecule has 1 saturated heterocycles. The van der Waals surface area contributed by atoms with Crippen LogP contribution in [0.3, 0.4) is 0 Å². The summed E-state index contributed by atoms with van der Waals surface area (Å²) < 4.78 is 70.2. The quantitative estimate of drug-likeness (QED) is 0.277. The van der Waals surface area contributed by atoms with E-state index in [2.05, 4.69) is 4.74 Å². The molecule has 0 aliphatic carbocycles. The zero-order chi connectivity index (χ0) is 15.7. The van der Waals surface area contributed by atoms with E-state index in [0.29, 0.717) is 19.4 Å². The van der Waals surface area contributed by atoms with Gasteiger partial charge in [-0.1, -0.05) is 6.42 Å². The van der Waals surface area contributed by atoms with E-state index in [1.165, 1.54) is 0 Å². The maximum atomic E-state index is 13.4. The van der Waals surface area contributed by atoms with Crippen molar-refractivity contribution in [2.24, 2.45) is 0 Å². The van der Waals surface area contributed by atoms with Crippen molar-refractivity contribution in [2.75, 3.05) is 13.6 Å². The topological polar surface area (TPSA) is 29.5 Å². The van der Waals surface area contributed by atoms with Crippen LogP contribution in [0.15, 0.2) is 0 Å². The van der Waals surface area contributed by atoms with Gasteiger partial charge in [0.1, 0.15) is 6.04 Å². The SMILES string of the molecule is CN1CCCC[C@H]1C(=O)Oc1c(F)c(F)c(F)c(F)c1F. The van der Waals surface area contributed by atoms with Crippen molar-refractivity contribution in [3.8, 4) is 5.75 Å². The number of likely N-dealkylation sites (N-methyl/N-ethyl adjacent to an activating group) is 1. The van der Waals surface area contributed by atoms with E-state index in [-0.39, 0.29) is 0 Å². The summed E-state index contributed by atoms with van der Waals surface area (Å²) in [6.45, 7) is 0.580. The van der Waals surface area contributed by atoms with E-state index in [0.717, 1.165) is 6.42 Å². The lowest BCUT2D eigenvalue weighted by Crippen LogP contribution is -2.44. The largest absolute Gasteiger partial charge is 0.419 e. The van der Waals surface area contributed by atoms with Gasteiger partial charge in [0.05, 0.1) is 0 Å². The first-order chi connectivity index (χ1) is 9.84. The molecule has 0 N–H and O–H groups in total. The lowest BCUT2D eigenvalue weighted by Gasteiger charge is -2.30. The monoisotopic (exact) mass is 309 g/mol. The first-order valence-electron chi connectivity index (χ1n) is 6.28. The number of likely N-dealkylation sites (tertiary alicyclic amines) is 1. The standard InChI is InChI=1S/C13H12F5NO2/c1-19-5-3-2-4-6(19)13(20)21-12-10(17)8(15)7(14)9(16)11(12)18/h6H,2-5H2,1H3/t6-/m0/s1. The van der Waals surface area contributed by atoms with Crippen LogP contribution in [0.2, 0.25) is 0 Å². The van der Waals surface area contributed by atoms with Crippen LogP contribution in [0.4, 0.5) is 22.0 Å². The molecule has 0 radical (unpaired) electrons. The first-order valence-corrected chi connectivity index (χ1v) is 6.28. The molecule has 1 heterocycles. The number of nitrogens with zero attached hydrogens (tertiary/aromatic N) is 1. The number of benzene rings is 1. The third kappa shape index (κ3) is 2.85. The number of carbonyl (C=O) groups excluding carboxylic acids is 1. The highest BCUT2D eigenvalue weighted by Crippen LogP contribution is 2.30. The van der Waals surface area contributed by atoms with Gasteiger partial charge in [-0.05, 0) is 26.4 Å². The maximum absolute atomic E-state index is 13.4. The highest BCUT2D eigenvalue weighted by atomic mass is 19.2. The second-order valence-electron chi connectivity index (χ2n) is 4.81. The van der Waals surface area contributed by atoms with E-state index in [9.17, 15) is 26.7 Å². The van der Waals surface area contributed by atoms with Gasteiger partial charge < -0.3 is 4.74 Å². The fourth-order valence-corrected chi connectivity index (χ4v) is 2.22. The highest BCUT2D eigenvalue weighted by molar-refractivity contribution is 5.78. The van der Waals surface area contributed by atoms with Crippen LogP contribution in [0.25, 0.3) is 0 Å². The van der Waals surface area contributed by atoms with Gasteiger partial charge in [-0.15, -0.1) is 0 Å². The molecule has 1 aromatic rings. The maximum Gasteiger partial charge on any atom is 0.328 e. The molecule has 1 aliphatic heterocycles. The molecular weight excluding hydrogens is 297 g/mol. The van der Waals surface area contributed by atoms with Gasteiger partial charge >= 0.3 is 5.97 Å². The molecule has 0 amide bonds. The van der Waals surface area contributed by atoms with Crippen molar-refractivity contribution in [3.05, 3.63) is 29.1 Å². The fraction of sp³-hybridized carbons (Fsp3) is 0.462. The van der Waals surface area contributed by atoms with E-state index in [1.807, 2.05) is 0 Å². The Balaban J connectivity index is 2.29. The van der Waals surface area contributed by atoms with Crippen LogP contribution in [0.5, 0.6) is 5.75 Å². The second-order valence-corrected chi connectivity index (χ2v) is 4.81. The summed E-state index contributed by atoms with van der Waals surface area (Å²) >= 11 is 0. The lowest BCUT2D eigenvalue weighted by atomic mass is 10.0. The molecule has 8 heteroatoms. The molecular formula is C13H12F5NO2. The Kier molecular flexibility index (Phi) is 4.46. The molecule has 116 valence electrons. The van der Waals surface area contributed by atoms with Gasteiger partial charge in [0, 0.05) is 0 Å². The molecule has 0 aromatic heterocycles. The van der Waals surface area contributed by atoms with Gasteiger partial charge in [-0.2, -0.15) is 8.78 Å². The summed E-state index contributed by atoms with van der Waals surface area (Å²) in [5.74, 6) is -13.5. The molecule has 3 nitrogen and oxygen atoms in total. The van der Waals surface area contributed by atoms with Crippen molar-refractivity contribution in [1.82, 2.24) is 4.90 Å². The molecule has 0 unspecified atom stereocenters. The zero-order valence-electron chi connectivity index (χ0n) is 11.1. The number of piperidine rings is 1. The van der Waals surface area contributed by atoms with Crippen LogP contribution in [0, 0.1) is 29.1 Å². The predicted octanol–water partition coefficient (Wildman–Crippen LogP) is 2.77. The Morgan fingerprint density at radius 2 is 1.52 bits per heavy atom. The third-order valence-corrected chi connectivity index (χ3v) is 3.41. The third-order valence-electron chi connectivity index (χ3n) is 3.41. The van der Waals surface area contributed by atoms with E-state index >= 15 is 0 Å². The van der Waals surface area contributed by atoms with Crippen LogP contribution in [0.1, 0.15) is 19.3 Å². The summed E-state index contributed by atoms with van der Waals surface area (Å²) in [5, 5.41) is 0. The minimum absolute atomic E-state index is 0.394. The van der Waals surface area contributed by atoms with Crippen LogP contribution < -0.4 is 4.74 Å². The summed E-state index contributed by atoms with van der Waals surface area (Å²) in [4.78, 5) is 13.5. The van der Waals surface area contributed by atoms with E-state index in [4.69, 9.17) is 0 Å². The van der Waals surface area contributed by atoms with Crippen molar-refractivity contribution >= 4 is 5.97 Å². The fourth-order valence-electron chi connectivity index (χ4n) is 2.22. The predicted molar refractivity (Wildman–Crippen MR) is 62.1 cm³/mol. The minimum Gasteiger partial charge on any atom is -0.419 e. The Morgan fingerprint density at radius 1 is 1.00 bits per heavy atom. The van der Waals surface area contributed by atoms with Crippen molar-refractivity contribution in [1.29, 1.82) is 0 Å². The number of ether oxygens (including phenoxy) is 1. The van der Waals surface area contributed by atoms with Crippen molar-refractivity contribution in [2.45, 2.75) is 25.3 Å². The molecule has 1 aromatic carbocycles. The van der Waals surface area contributed by atoms with Gasteiger partial charge in [-0.25, -0.2) is 18.0 Å². The van der Waals surface area contributed by atoms with Crippen LogP contribution >= 0.6 is 0 Å². The Hall–Kier alpha value is -1.70. The molecule has 1 aliphatic rings. The molecule has 0 spiro atoms. The summed E-state index contributed by atoms with van der Waals surface area (Å²) in [5.41, 5.74) is 0. The molecule has 1 atom stereocenters. The summed E-state index contributed by atoms with van der Waals surface area (Å²) in [6.07, 6.45) is 1.95. The van der Waals surface area contributed by atoms with E-state index < -0.39 is 46.8 Å². The number of carbonyl (C=O) groups is 1. The Labute approximate surface area is 117 Å². The second kappa shape index (κ2) is 5.97. The number of hydrogen-bond acceptors (Lipinski definition) is 3. The number of rotatable bonds is 2. The van der Waals surface area contributed by atoms with Gasteiger partial charge in [0.2, 0.25) is 34.8 Å². The average molecular weight is 309 g/mol. The van der Waals surface area contributed by atoms with Gasteiger partial charge in [0.25, 0.3) is 0 Å². The van der Waals surface area contributed by atoms with Crippen LogP contribution in [-0.2, 0) is 4.79 Å². The summed E-state index contributed by atoms with van der Waals surface area (Å²) in [6, 6.07) is -0.770. The lowest BCUT2D eigenvalue weighted by molar-refractivity contribution is -0.141. The van der Waals surface area contributed by atoms with E-state index in [1.54, 1.807) is 11.9 Å². The minimum atomic E-state index is -2.29. The normalized spacial score (nSPS) is 19.6. The summed E-state index contributed by atoms with van der Waals surface area (Å²) in [7, 11) is 1.61. The molecule has 0 bridgehead atoms. The van der Waals surface area contributed by atoms with Crippen molar-refractivity contribution < 1.29 is 31.5 Å². The van der Waals surface area contributed by atoms with Crippen molar-refractivity contribution in [3.63, 3.8) is 0 Å². The molecule has 0 saturated carbocycles. The average Bonchev–Trinajstić information content (AvgIpc) is 2.48. The highest BCUT2D eigenvalue weighted by Gasteiger charge is 2.32. The zero-order valence-corrected chi connectivity index (χ0v) is 11.1. The smallest absolute Gasteiger partial charge is 0.328 e. The first kappa shape index (κ1) is 15.7.